The molecule has 3 atom stereocenters. The van der Waals surface area contributed by atoms with Crippen LogP contribution in [0.5, 0.6) is 0 Å². The van der Waals surface area contributed by atoms with Crippen molar-refractivity contribution in [1.29, 1.82) is 0 Å². The second-order valence-corrected chi connectivity index (χ2v) is 11.0. The highest BCUT2D eigenvalue weighted by atomic mass is 19.1. The largest absolute Gasteiger partial charge is 0.444 e. The van der Waals surface area contributed by atoms with E-state index < -0.39 is 35.5 Å². The number of carbonyl (C=O) groups is 1. The molecule has 2 fully saturated rings. The van der Waals surface area contributed by atoms with Crippen molar-refractivity contribution in [1.82, 2.24) is 10.6 Å². The average molecular weight is 503 g/mol. The number of ether oxygens (including phenoxy) is 2. The number of hydrogen-bond donors (Lipinski definition) is 3. The lowest BCUT2D eigenvalue weighted by Gasteiger charge is -2.29. The number of benzene rings is 2. The van der Waals surface area contributed by atoms with Crippen molar-refractivity contribution in [2.75, 3.05) is 19.8 Å². The molecule has 4 rings (SSSR count). The van der Waals surface area contributed by atoms with E-state index in [1.807, 2.05) is 0 Å². The quantitative estimate of drug-likeness (QED) is 0.469. The summed E-state index contributed by atoms with van der Waals surface area (Å²) in [5, 5.41) is 17.3. The Morgan fingerprint density at radius 3 is 2.53 bits per heavy atom. The van der Waals surface area contributed by atoms with Crippen molar-refractivity contribution in [2.24, 2.45) is 0 Å². The van der Waals surface area contributed by atoms with E-state index in [1.54, 1.807) is 20.8 Å². The molecule has 196 valence electrons. The topological polar surface area (TPSA) is 79.8 Å². The van der Waals surface area contributed by atoms with Crippen LogP contribution in [-0.2, 0) is 21.4 Å². The first-order valence-electron chi connectivity index (χ1n) is 12.6. The summed E-state index contributed by atoms with van der Waals surface area (Å²) in [4.78, 5) is 12.5. The van der Waals surface area contributed by atoms with E-state index in [2.05, 4.69) is 34.9 Å². The van der Waals surface area contributed by atoms with Crippen molar-refractivity contribution in [3.8, 4) is 0 Å². The molecule has 0 aromatic heterocycles. The third-order valence-corrected chi connectivity index (χ3v) is 6.78. The van der Waals surface area contributed by atoms with Gasteiger partial charge in [0.1, 0.15) is 17.2 Å². The normalized spacial score (nSPS) is 20.6. The minimum absolute atomic E-state index is 0.0426. The predicted octanol–water partition coefficient (Wildman–Crippen LogP) is 4.54. The lowest BCUT2D eigenvalue weighted by atomic mass is 9.93. The second kappa shape index (κ2) is 10.8. The fourth-order valence-electron chi connectivity index (χ4n) is 4.75. The monoisotopic (exact) mass is 502 g/mol. The second-order valence-electron chi connectivity index (χ2n) is 11.0. The molecule has 1 amide bonds. The van der Waals surface area contributed by atoms with Gasteiger partial charge in [-0.25, -0.2) is 13.6 Å². The van der Waals surface area contributed by atoms with Gasteiger partial charge >= 0.3 is 6.09 Å². The fourth-order valence-corrected chi connectivity index (χ4v) is 4.75. The molecule has 1 aliphatic heterocycles. The summed E-state index contributed by atoms with van der Waals surface area (Å²) in [6.07, 6.45) is 1.21. The van der Waals surface area contributed by atoms with E-state index in [4.69, 9.17) is 9.47 Å². The van der Waals surface area contributed by atoms with Gasteiger partial charge in [0, 0.05) is 30.7 Å². The predicted molar refractivity (Wildman–Crippen MR) is 133 cm³/mol. The Morgan fingerprint density at radius 2 is 1.92 bits per heavy atom. The fraction of sp³-hybridized carbons (Fsp3) is 0.536. The van der Waals surface area contributed by atoms with E-state index in [0.717, 1.165) is 38.5 Å². The molecule has 1 saturated carbocycles. The maximum atomic E-state index is 13.8. The number of amides is 1. The van der Waals surface area contributed by atoms with E-state index in [0.29, 0.717) is 11.5 Å². The van der Waals surface area contributed by atoms with Crippen molar-refractivity contribution in [3.63, 3.8) is 0 Å². The van der Waals surface area contributed by atoms with Crippen LogP contribution in [0, 0.1) is 11.6 Å². The molecule has 2 aromatic carbocycles. The molecule has 0 bridgehead atoms. The van der Waals surface area contributed by atoms with Crippen LogP contribution in [0.1, 0.15) is 62.6 Å². The molecule has 1 saturated heterocycles. The molecule has 36 heavy (non-hydrogen) atoms. The van der Waals surface area contributed by atoms with E-state index in [9.17, 15) is 18.7 Å². The van der Waals surface area contributed by atoms with Crippen molar-refractivity contribution < 1.29 is 28.2 Å². The number of halogens is 2. The molecule has 6 nitrogen and oxygen atoms in total. The van der Waals surface area contributed by atoms with Gasteiger partial charge in [-0.15, -0.1) is 0 Å². The van der Waals surface area contributed by atoms with Gasteiger partial charge < -0.3 is 25.2 Å². The van der Waals surface area contributed by atoms with Gasteiger partial charge in [-0.3, -0.25) is 0 Å². The summed E-state index contributed by atoms with van der Waals surface area (Å²) in [5.41, 5.74) is 1.80. The summed E-state index contributed by atoms with van der Waals surface area (Å²) in [6, 6.07) is 10.9. The molecule has 3 N–H and O–H groups in total. The third-order valence-electron chi connectivity index (χ3n) is 6.78. The van der Waals surface area contributed by atoms with Crippen LogP contribution >= 0.6 is 0 Å². The molecule has 1 aliphatic carbocycles. The molecular weight excluding hydrogens is 466 g/mol. The lowest BCUT2D eigenvalue weighted by Crippen LogP contribution is -2.51. The molecule has 0 spiro atoms. The Morgan fingerprint density at radius 1 is 1.19 bits per heavy atom. The minimum atomic E-state index is -1.02. The standard InChI is InChI=1S/C28H36F2N2O4/c1-27(2,3)36-26(34)32-24(13-18-11-22(29)15-23(30)12-18)25(33)16-31-28(8-9-28)21-6-4-5-19(14-21)20-7-10-35-17-20/h4-6,11-12,14-15,20,24-25,31,33H,7-10,13,16-17H2,1-3H3,(H,32,34). The first-order valence-corrected chi connectivity index (χ1v) is 12.6. The molecule has 2 aromatic rings. The molecule has 3 unspecified atom stereocenters. The molecule has 0 radical (unpaired) electrons. The maximum Gasteiger partial charge on any atom is 0.407 e. The number of aliphatic hydroxyl groups is 1. The summed E-state index contributed by atoms with van der Waals surface area (Å²) in [5.74, 6) is -1.02. The third kappa shape index (κ3) is 7.02. The Labute approximate surface area is 211 Å². The molecular formula is C28H36F2N2O4. The van der Waals surface area contributed by atoms with Crippen molar-refractivity contribution in [2.45, 2.75) is 75.7 Å². The van der Waals surface area contributed by atoms with E-state index >= 15 is 0 Å². The van der Waals surface area contributed by atoms with Crippen LogP contribution in [0.2, 0.25) is 0 Å². The first-order chi connectivity index (χ1) is 17.0. The molecule has 1 heterocycles. The molecule has 8 heteroatoms. The van der Waals surface area contributed by atoms with Crippen LogP contribution in [0.4, 0.5) is 13.6 Å². The zero-order valence-electron chi connectivity index (χ0n) is 21.2. The summed E-state index contributed by atoms with van der Waals surface area (Å²) < 4.78 is 38.4. The van der Waals surface area contributed by atoms with Crippen LogP contribution in [0.15, 0.2) is 42.5 Å². The van der Waals surface area contributed by atoms with Gasteiger partial charge in [0.15, 0.2) is 0 Å². The lowest BCUT2D eigenvalue weighted by molar-refractivity contribution is 0.0419. The van der Waals surface area contributed by atoms with Gasteiger partial charge in [0.2, 0.25) is 0 Å². The Kier molecular flexibility index (Phi) is 7.97. The zero-order chi connectivity index (χ0) is 25.9. The summed E-state index contributed by atoms with van der Waals surface area (Å²) >= 11 is 0. The van der Waals surface area contributed by atoms with Crippen molar-refractivity contribution in [3.05, 3.63) is 70.8 Å². The Bertz CT molecular complexity index is 1040. The highest BCUT2D eigenvalue weighted by molar-refractivity contribution is 5.68. The highest BCUT2D eigenvalue weighted by Crippen LogP contribution is 2.46. The number of rotatable bonds is 9. The minimum Gasteiger partial charge on any atom is -0.444 e. The Balaban J connectivity index is 1.45. The zero-order valence-corrected chi connectivity index (χ0v) is 21.2. The Hall–Kier alpha value is -2.55. The van der Waals surface area contributed by atoms with E-state index in [1.165, 1.54) is 23.3 Å². The van der Waals surface area contributed by atoms with Crippen LogP contribution in [0.3, 0.4) is 0 Å². The molecule has 2 aliphatic rings. The van der Waals surface area contributed by atoms with Gasteiger partial charge in [-0.2, -0.15) is 0 Å². The van der Waals surface area contributed by atoms with Gasteiger partial charge in [0.25, 0.3) is 0 Å². The number of alkyl carbamates (subject to hydrolysis) is 1. The highest BCUT2D eigenvalue weighted by Gasteiger charge is 2.44. The van der Waals surface area contributed by atoms with Crippen LogP contribution in [-0.4, -0.2) is 48.7 Å². The van der Waals surface area contributed by atoms with Gasteiger partial charge in [-0.05, 0) is 75.3 Å². The number of nitrogens with one attached hydrogen (secondary N) is 2. The summed E-state index contributed by atoms with van der Waals surface area (Å²) in [6.45, 7) is 6.93. The first kappa shape index (κ1) is 26.5. The van der Waals surface area contributed by atoms with Gasteiger partial charge in [0.05, 0.1) is 18.8 Å². The summed E-state index contributed by atoms with van der Waals surface area (Å²) in [7, 11) is 0. The smallest absolute Gasteiger partial charge is 0.407 e. The number of carbonyl (C=O) groups excluding carboxylic acids is 1. The van der Waals surface area contributed by atoms with Crippen LogP contribution in [0.25, 0.3) is 0 Å². The maximum absolute atomic E-state index is 13.8. The average Bonchev–Trinajstić information content (AvgIpc) is 3.38. The number of aliphatic hydroxyl groups excluding tert-OH is 1. The number of hydrogen-bond acceptors (Lipinski definition) is 5. The van der Waals surface area contributed by atoms with Crippen LogP contribution < -0.4 is 10.6 Å². The SMILES string of the molecule is CC(C)(C)OC(=O)NC(Cc1cc(F)cc(F)c1)C(O)CNC1(c2cccc(C3CCOC3)c2)CC1. The van der Waals surface area contributed by atoms with Gasteiger partial charge in [-0.1, -0.05) is 24.3 Å². The van der Waals surface area contributed by atoms with E-state index in [-0.39, 0.29) is 18.5 Å². The van der Waals surface area contributed by atoms with Crippen molar-refractivity contribution >= 4 is 6.09 Å².